The third-order valence-electron chi connectivity index (χ3n) is 4.46. The Bertz CT molecular complexity index is 971. The van der Waals surface area contributed by atoms with Gasteiger partial charge in [0.05, 0.1) is 23.3 Å². The lowest BCUT2D eigenvalue weighted by Crippen LogP contribution is -2.26. The number of aliphatic imine (C=N–C) groups is 1. The number of hydrazone groups is 1. The number of hydrogen-bond acceptors (Lipinski definition) is 5. The van der Waals surface area contributed by atoms with Crippen molar-refractivity contribution in [3.05, 3.63) is 81.9 Å². The second-order valence-corrected chi connectivity index (χ2v) is 7.70. The SMILES string of the molecule is CCO/C=C1\SC(=O)N=C1N1N=C(c2ccccc2)C[C@H]1c1ccc(Cl)cc1. The van der Waals surface area contributed by atoms with Gasteiger partial charge < -0.3 is 4.74 Å². The van der Waals surface area contributed by atoms with Crippen LogP contribution in [0.1, 0.15) is 30.5 Å². The first-order valence-electron chi connectivity index (χ1n) is 8.96. The summed E-state index contributed by atoms with van der Waals surface area (Å²) in [7, 11) is 0. The molecule has 4 rings (SSSR count). The van der Waals surface area contributed by atoms with Crippen molar-refractivity contribution in [3.8, 4) is 0 Å². The smallest absolute Gasteiger partial charge is 0.311 e. The maximum atomic E-state index is 12.0. The number of hydrogen-bond donors (Lipinski definition) is 0. The number of ether oxygens (including phenoxy) is 1. The molecule has 0 spiro atoms. The van der Waals surface area contributed by atoms with Crippen molar-refractivity contribution in [2.24, 2.45) is 10.1 Å². The second kappa shape index (κ2) is 8.20. The molecule has 5 nitrogen and oxygen atoms in total. The zero-order valence-electron chi connectivity index (χ0n) is 15.2. The first kappa shape index (κ1) is 18.8. The normalized spacial score (nSPS) is 20.5. The Morgan fingerprint density at radius 2 is 1.96 bits per heavy atom. The highest BCUT2D eigenvalue weighted by Gasteiger charge is 2.37. The summed E-state index contributed by atoms with van der Waals surface area (Å²) in [4.78, 5) is 16.9. The van der Waals surface area contributed by atoms with E-state index < -0.39 is 0 Å². The van der Waals surface area contributed by atoms with Crippen molar-refractivity contribution in [3.63, 3.8) is 0 Å². The number of benzene rings is 2. The van der Waals surface area contributed by atoms with Crippen LogP contribution in [0.25, 0.3) is 0 Å². The summed E-state index contributed by atoms with van der Waals surface area (Å²) in [6, 6.07) is 17.7. The van der Waals surface area contributed by atoms with E-state index in [-0.39, 0.29) is 11.3 Å². The molecule has 0 saturated carbocycles. The highest BCUT2D eigenvalue weighted by Crippen LogP contribution is 2.39. The minimum atomic E-state index is -0.265. The second-order valence-electron chi connectivity index (χ2n) is 6.27. The van der Waals surface area contributed by atoms with E-state index in [9.17, 15) is 4.79 Å². The van der Waals surface area contributed by atoms with E-state index in [0.717, 1.165) is 28.6 Å². The van der Waals surface area contributed by atoms with Crippen LogP contribution in [0.5, 0.6) is 0 Å². The van der Waals surface area contributed by atoms with Gasteiger partial charge in [-0.1, -0.05) is 54.1 Å². The molecule has 2 aromatic rings. The van der Waals surface area contributed by atoms with E-state index in [0.29, 0.717) is 28.8 Å². The van der Waals surface area contributed by atoms with Crippen molar-refractivity contribution in [1.29, 1.82) is 0 Å². The fourth-order valence-corrected chi connectivity index (χ4v) is 3.95. The Kier molecular flexibility index (Phi) is 5.50. The van der Waals surface area contributed by atoms with Crippen LogP contribution in [0.2, 0.25) is 5.02 Å². The van der Waals surface area contributed by atoms with E-state index in [1.807, 2.05) is 66.5 Å². The van der Waals surface area contributed by atoms with Crippen LogP contribution in [0.4, 0.5) is 4.79 Å². The van der Waals surface area contributed by atoms with Gasteiger partial charge >= 0.3 is 5.24 Å². The predicted molar refractivity (Wildman–Crippen MR) is 114 cm³/mol. The summed E-state index contributed by atoms with van der Waals surface area (Å²) in [5.41, 5.74) is 3.06. The zero-order valence-corrected chi connectivity index (χ0v) is 16.8. The van der Waals surface area contributed by atoms with Gasteiger partial charge in [0.1, 0.15) is 6.26 Å². The molecule has 0 aromatic heterocycles. The first-order chi connectivity index (χ1) is 13.7. The van der Waals surface area contributed by atoms with Crippen LogP contribution >= 0.6 is 23.4 Å². The summed E-state index contributed by atoms with van der Waals surface area (Å²) >= 11 is 7.12. The maximum absolute atomic E-state index is 12.0. The number of nitrogens with zero attached hydrogens (tertiary/aromatic N) is 3. The van der Waals surface area contributed by atoms with Crippen LogP contribution in [0, 0.1) is 0 Å². The fraction of sp³-hybridized carbons (Fsp3) is 0.190. The van der Waals surface area contributed by atoms with Crippen molar-refractivity contribution in [2.45, 2.75) is 19.4 Å². The zero-order chi connectivity index (χ0) is 19.5. The number of amidine groups is 1. The summed E-state index contributed by atoms with van der Waals surface area (Å²) in [5.74, 6) is 0.523. The molecule has 0 fully saturated rings. The number of halogens is 1. The van der Waals surface area contributed by atoms with E-state index in [1.165, 1.54) is 0 Å². The lowest BCUT2D eigenvalue weighted by molar-refractivity contribution is 0.267. The molecule has 0 saturated heterocycles. The average molecular weight is 412 g/mol. The van der Waals surface area contributed by atoms with Gasteiger partial charge in [-0.2, -0.15) is 10.1 Å². The van der Waals surface area contributed by atoms with Crippen LogP contribution in [0.15, 0.2) is 75.9 Å². The van der Waals surface area contributed by atoms with Crippen LogP contribution < -0.4 is 0 Å². The molecule has 2 aromatic carbocycles. The van der Waals surface area contributed by atoms with Crippen molar-refractivity contribution in [2.75, 3.05) is 6.61 Å². The number of carbonyl (C=O) groups excluding carboxylic acids is 1. The lowest BCUT2D eigenvalue weighted by atomic mass is 9.98. The quantitative estimate of drug-likeness (QED) is 0.611. The average Bonchev–Trinajstić information content (AvgIpc) is 3.31. The van der Waals surface area contributed by atoms with E-state index in [1.54, 1.807) is 6.26 Å². The molecule has 0 bridgehead atoms. The molecule has 0 unspecified atom stereocenters. The van der Waals surface area contributed by atoms with Crippen LogP contribution in [0.3, 0.4) is 0 Å². The molecule has 0 aliphatic carbocycles. The van der Waals surface area contributed by atoms with Gasteiger partial charge in [0, 0.05) is 11.4 Å². The van der Waals surface area contributed by atoms with Crippen LogP contribution in [-0.2, 0) is 4.74 Å². The Morgan fingerprint density at radius 1 is 1.21 bits per heavy atom. The van der Waals surface area contributed by atoms with E-state index >= 15 is 0 Å². The predicted octanol–water partition coefficient (Wildman–Crippen LogP) is 5.63. The highest BCUT2D eigenvalue weighted by molar-refractivity contribution is 8.18. The summed E-state index contributed by atoms with van der Waals surface area (Å²) < 4.78 is 5.42. The van der Waals surface area contributed by atoms with Crippen molar-refractivity contribution < 1.29 is 9.53 Å². The molecule has 2 aliphatic rings. The Balaban J connectivity index is 1.75. The molecule has 2 aliphatic heterocycles. The lowest BCUT2D eigenvalue weighted by Gasteiger charge is -2.23. The molecule has 2 heterocycles. The number of carbonyl (C=O) groups is 1. The topological polar surface area (TPSA) is 54.3 Å². The highest BCUT2D eigenvalue weighted by atomic mass is 35.5. The Hall–Kier alpha value is -2.57. The van der Waals surface area contributed by atoms with Crippen LogP contribution in [-0.4, -0.2) is 28.4 Å². The molecular weight excluding hydrogens is 394 g/mol. The molecule has 1 amide bonds. The van der Waals surface area contributed by atoms with Gasteiger partial charge in [-0.05, 0) is 41.9 Å². The molecule has 1 atom stereocenters. The third-order valence-corrected chi connectivity index (χ3v) is 5.48. The minimum Gasteiger partial charge on any atom is -0.500 e. The summed E-state index contributed by atoms with van der Waals surface area (Å²) in [6.45, 7) is 2.41. The van der Waals surface area contributed by atoms with Crippen molar-refractivity contribution >= 4 is 40.1 Å². The van der Waals surface area contributed by atoms with E-state index in [4.69, 9.17) is 21.4 Å². The summed E-state index contributed by atoms with van der Waals surface area (Å²) in [6.07, 6.45) is 2.29. The largest absolute Gasteiger partial charge is 0.500 e. The third kappa shape index (κ3) is 3.84. The number of amides is 1. The van der Waals surface area contributed by atoms with Gasteiger partial charge in [-0.3, -0.25) is 4.79 Å². The molecule has 0 N–H and O–H groups in total. The fourth-order valence-electron chi connectivity index (χ4n) is 3.16. The maximum Gasteiger partial charge on any atom is 0.311 e. The molecule has 28 heavy (non-hydrogen) atoms. The standard InChI is InChI=1S/C21H18ClN3O2S/c1-2-27-13-19-20(23-21(26)28-19)25-18(15-8-10-16(22)11-9-15)12-17(24-25)14-6-4-3-5-7-14/h3-11,13,18H,2,12H2,1H3/b19-13-/t18-/m0/s1. The Labute approximate surface area is 172 Å². The summed E-state index contributed by atoms with van der Waals surface area (Å²) in [5, 5.41) is 7.08. The van der Waals surface area contributed by atoms with Gasteiger partial charge in [-0.25, -0.2) is 5.01 Å². The molecular formula is C21H18ClN3O2S. The molecule has 7 heteroatoms. The van der Waals surface area contributed by atoms with Gasteiger partial charge in [0.2, 0.25) is 0 Å². The first-order valence-corrected chi connectivity index (χ1v) is 10.2. The van der Waals surface area contributed by atoms with Gasteiger partial charge in [0.15, 0.2) is 5.84 Å². The molecule has 142 valence electrons. The number of thioether (sulfide) groups is 1. The van der Waals surface area contributed by atoms with E-state index in [2.05, 4.69) is 4.99 Å². The monoisotopic (exact) mass is 411 g/mol. The minimum absolute atomic E-state index is 0.0808. The Morgan fingerprint density at radius 3 is 2.68 bits per heavy atom. The van der Waals surface area contributed by atoms with Crippen molar-refractivity contribution in [1.82, 2.24) is 5.01 Å². The number of rotatable bonds is 4. The molecule has 0 radical (unpaired) electrons. The van der Waals surface area contributed by atoms with Gasteiger partial charge in [-0.15, -0.1) is 0 Å². The van der Waals surface area contributed by atoms with Gasteiger partial charge in [0.25, 0.3) is 0 Å².